The fourth-order valence-electron chi connectivity index (χ4n) is 3.65. The van der Waals surface area contributed by atoms with E-state index in [4.69, 9.17) is 4.74 Å². The van der Waals surface area contributed by atoms with Crippen LogP contribution in [0.5, 0.6) is 5.75 Å². The number of amides is 1. The Kier molecular flexibility index (Phi) is 5.84. The summed E-state index contributed by atoms with van der Waals surface area (Å²) in [6.45, 7) is 0. The molecule has 0 aliphatic heterocycles. The van der Waals surface area contributed by atoms with Crippen LogP contribution in [0, 0.1) is 10.1 Å². The lowest BCUT2D eigenvalue weighted by Gasteiger charge is -2.21. The molecule has 1 amide bonds. The third-order valence-corrected chi connectivity index (χ3v) is 6.52. The highest BCUT2D eigenvalue weighted by Crippen LogP contribution is 2.32. The number of sulfonamides is 1. The number of rotatable bonds is 7. The van der Waals surface area contributed by atoms with Gasteiger partial charge < -0.3 is 9.30 Å². The standard InChI is InChI=1S/C23H19N3O6S/c1-32-17-8-5-7-16(15-17)22(23(27)24-33(30,31)18-9-3-2-4-10-18)25-14-13-19-20(25)11-6-12-21(19)26(28)29/h2-15,22H,1H3,(H,24,27). The lowest BCUT2D eigenvalue weighted by Crippen LogP contribution is -2.37. The summed E-state index contributed by atoms with van der Waals surface area (Å²) < 4.78 is 34.6. The molecule has 1 atom stereocenters. The maximum absolute atomic E-state index is 13.4. The largest absolute Gasteiger partial charge is 0.497 e. The first-order chi connectivity index (χ1) is 15.8. The van der Waals surface area contributed by atoms with E-state index in [0.717, 1.165) is 0 Å². The second kappa shape index (κ2) is 8.75. The minimum Gasteiger partial charge on any atom is -0.497 e. The first kappa shape index (κ1) is 22.0. The van der Waals surface area contributed by atoms with E-state index in [0.29, 0.717) is 22.2 Å². The molecule has 1 unspecified atom stereocenters. The first-order valence-electron chi connectivity index (χ1n) is 9.81. The van der Waals surface area contributed by atoms with Gasteiger partial charge in [0.2, 0.25) is 0 Å². The summed E-state index contributed by atoms with van der Waals surface area (Å²) in [5.41, 5.74) is 0.733. The Balaban J connectivity index is 1.85. The topological polar surface area (TPSA) is 121 Å². The molecule has 4 aromatic rings. The second-order valence-electron chi connectivity index (χ2n) is 7.15. The molecule has 0 spiro atoms. The number of nitrogens with zero attached hydrogens (tertiary/aromatic N) is 2. The molecule has 1 aromatic heterocycles. The molecule has 1 heterocycles. The van der Waals surface area contributed by atoms with Crippen molar-refractivity contribution in [2.75, 3.05) is 7.11 Å². The van der Waals surface area contributed by atoms with Crippen LogP contribution in [0.25, 0.3) is 10.9 Å². The summed E-state index contributed by atoms with van der Waals surface area (Å²) in [6.07, 6.45) is 1.52. The van der Waals surface area contributed by atoms with Crippen molar-refractivity contribution in [3.63, 3.8) is 0 Å². The summed E-state index contributed by atoms with van der Waals surface area (Å²) in [5.74, 6) is -0.352. The van der Waals surface area contributed by atoms with Gasteiger partial charge in [0.15, 0.2) is 0 Å². The maximum atomic E-state index is 13.4. The number of carbonyl (C=O) groups excluding carboxylic acids is 1. The van der Waals surface area contributed by atoms with Crippen molar-refractivity contribution in [2.45, 2.75) is 10.9 Å². The van der Waals surface area contributed by atoms with Gasteiger partial charge in [-0.05, 0) is 42.0 Å². The van der Waals surface area contributed by atoms with Crippen molar-refractivity contribution < 1.29 is 22.9 Å². The number of fused-ring (bicyclic) bond motifs is 1. The summed E-state index contributed by atoms with van der Waals surface area (Å²) in [5, 5.41) is 11.8. The Morgan fingerprint density at radius 1 is 1.03 bits per heavy atom. The molecule has 0 aliphatic carbocycles. The molecular formula is C23H19N3O6S. The average Bonchev–Trinajstić information content (AvgIpc) is 3.23. The number of hydrogen-bond donors (Lipinski definition) is 1. The van der Waals surface area contributed by atoms with Crippen molar-refractivity contribution in [3.8, 4) is 5.75 Å². The molecule has 168 valence electrons. The number of nitro benzene ring substituents is 1. The van der Waals surface area contributed by atoms with Crippen LogP contribution in [0.4, 0.5) is 5.69 Å². The van der Waals surface area contributed by atoms with E-state index in [1.807, 2.05) is 0 Å². The Hall–Kier alpha value is -4.18. The highest BCUT2D eigenvalue weighted by molar-refractivity contribution is 7.90. The molecule has 1 N–H and O–H groups in total. The molecular weight excluding hydrogens is 446 g/mol. The normalized spacial score (nSPS) is 12.3. The number of aromatic nitrogens is 1. The van der Waals surface area contributed by atoms with Gasteiger partial charge in [-0.15, -0.1) is 0 Å². The lowest BCUT2D eigenvalue weighted by atomic mass is 10.1. The lowest BCUT2D eigenvalue weighted by molar-refractivity contribution is -0.383. The quantitative estimate of drug-likeness (QED) is 0.329. The Labute approximate surface area is 189 Å². The van der Waals surface area contributed by atoms with Gasteiger partial charge in [0.1, 0.15) is 11.8 Å². The van der Waals surface area contributed by atoms with Gasteiger partial charge in [-0.25, -0.2) is 13.1 Å². The highest BCUT2D eigenvalue weighted by Gasteiger charge is 2.29. The van der Waals surface area contributed by atoms with Gasteiger partial charge in [0.05, 0.1) is 27.8 Å². The van der Waals surface area contributed by atoms with E-state index in [1.54, 1.807) is 48.5 Å². The molecule has 9 nitrogen and oxygen atoms in total. The summed E-state index contributed by atoms with van der Waals surface area (Å²) in [4.78, 5) is 24.3. The number of hydrogen-bond acceptors (Lipinski definition) is 6. The Bertz CT molecular complexity index is 1450. The van der Waals surface area contributed by atoms with Crippen molar-refractivity contribution in [1.29, 1.82) is 0 Å². The predicted octanol–water partition coefficient (Wildman–Crippen LogP) is 3.65. The van der Waals surface area contributed by atoms with Gasteiger partial charge in [-0.3, -0.25) is 14.9 Å². The van der Waals surface area contributed by atoms with E-state index in [2.05, 4.69) is 4.72 Å². The van der Waals surface area contributed by atoms with E-state index >= 15 is 0 Å². The third kappa shape index (κ3) is 4.28. The first-order valence-corrected chi connectivity index (χ1v) is 11.3. The van der Waals surface area contributed by atoms with Crippen LogP contribution in [0.1, 0.15) is 11.6 Å². The highest BCUT2D eigenvalue weighted by atomic mass is 32.2. The van der Waals surface area contributed by atoms with Crippen LogP contribution in [0.3, 0.4) is 0 Å². The molecule has 0 bridgehead atoms. The van der Waals surface area contributed by atoms with Crippen LogP contribution in [0.15, 0.2) is 90.0 Å². The molecule has 33 heavy (non-hydrogen) atoms. The van der Waals surface area contributed by atoms with E-state index in [-0.39, 0.29) is 10.6 Å². The van der Waals surface area contributed by atoms with E-state index in [9.17, 15) is 23.3 Å². The fourth-order valence-corrected chi connectivity index (χ4v) is 4.66. The number of nitrogens with one attached hydrogen (secondary N) is 1. The molecule has 0 radical (unpaired) electrons. The number of carbonyl (C=O) groups is 1. The zero-order valence-electron chi connectivity index (χ0n) is 17.4. The molecule has 3 aromatic carbocycles. The Morgan fingerprint density at radius 2 is 1.76 bits per heavy atom. The third-order valence-electron chi connectivity index (χ3n) is 5.16. The van der Waals surface area contributed by atoms with Gasteiger partial charge in [0.25, 0.3) is 21.6 Å². The monoisotopic (exact) mass is 465 g/mol. The van der Waals surface area contributed by atoms with Gasteiger partial charge >= 0.3 is 0 Å². The van der Waals surface area contributed by atoms with Crippen molar-refractivity contribution in [2.24, 2.45) is 0 Å². The average molecular weight is 465 g/mol. The number of methoxy groups -OCH3 is 1. The van der Waals surface area contributed by atoms with Crippen molar-refractivity contribution in [1.82, 2.24) is 9.29 Å². The van der Waals surface area contributed by atoms with Crippen LogP contribution < -0.4 is 9.46 Å². The molecule has 0 fully saturated rings. The number of benzene rings is 3. The molecule has 0 aliphatic rings. The number of non-ortho nitro benzene ring substituents is 1. The summed E-state index contributed by atoms with van der Waals surface area (Å²) >= 11 is 0. The molecule has 10 heteroatoms. The number of nitro groups is 1. The summed E-state index contributed by atoms with van der Waals surface area (Å²) in [6, 6.07) is 19.1. The zero-order valence-corrected chi connectivity index (χ0v) is 18.2. The SMILES string of the molecule is COc1cccc(C(C(=O)NS(=O)(=O)c2ccccc2)n2ccc3c([N+](=O)[O-])cccc32)c1. The van der Waals surface area contributed by atoms with E-state index < -0.39 is 26.9 Å². The van der Waals surface area contributed by atoms with Crippen molar-refractivity contribution >= 4 is 32.5 Å². The van der Waals surface area contributed by atoms with Crippen LogP contribution in [-0.2, 0) is 14.8 Å². The molecule has 0 saturated heterocycles. The zero-order chi connectivity index (χ0) is 23.6. The van der Waals surface area contributed by atoms with Crippen LogP contribution >= 0.6 is 0 Å². The maximum Gasteiger partial charge on any atom is 0.278 e. The molecule has 4 rings (SSSR count). The predicted molar refractivity (Wildman–Crippen MR) is 121 cm³/mol. The minimum absolute atomic E-state index is 0.0595. The summed E-state index contributed by atoms with van der Waals surface area (Å²) in [7, 11) is -2.67. The van der Waals surface area contributed by atoms with Gasteiger partial charge in [0, 0.05) is 12.3 Å². The molecule has 0 saturated carbocycles. The number of ether oxygens (including phenoxy) is 1. The van der Waals surface area contributed by atoms with Crippen LogP contribution in [-0.4, -0.2) is 30.9 Å². The minimum atomic E-state index is -4.15. The van der Waals surface area contributed by atoms with Gasteiger partial charge in [-0.1, -0.05) is 36.4 Å². The van der Waals surface area contributed by atoms with Crippen molar-refractivity contribution in [3.05, 3.63) is 101 Å². The smallest absolute Gasteiger partial charge is 0.278 e. The fraction of sp³-hybridized carbons (Fsp3) is 0.0870. The Morgan fingerprint density at radius 3 is 2.45 bits per heavy atom. The second-order valence-corrected chi connectivity index (χ2v) is 8.83. The van der Waals surface area contributed by atoms with Crippen LogP contribution in [0.2, 0.25) is 0 Å². The van der Waals surface area contributed by atoms with E-state index in [1.165, 1.54) is 48.2 Å². The van der Waals surface area contributed by atoms with Gasteiger partial charge in [-0.2, -0.15) is 0 Å².